The van der Waals surface area contributed by atoms with E-state index < -0.39 is 15.7 Å². The highest BCUT2D eigenvalue weighted by molar-refractivity contribution is 7.86. The van der Waals surface area contributed by atoms with Crippen LogP contribution in [-0.2, 0) is 17.2 Å². The van der Waals surface area contributed by atoms with Crippen molar-refractivity contribution in [1.29, 1.82) is 0 Å². The van der Waals surface area contributed by atoms with Gasteiger partial charge in [0.15, 0.2) is 5.75 Å². The van der Waals surface area contributed by atoms with Crippen LogP contribution in [0.15, 0.2) is 29.1 Å². The zero-order valence-electron chi connectivity index (χ0n) is 11.6. The molecule has 1 heterocycles. The Hall–Kier alpha value is -1.86. The van der Waals surface area contributed by atoms with Gasteiger partial charge in [-0.2, -0.15) is 13.5 Å². The molecule has 112 valence electrons. The second-order valence-electron chi connectivity index (χ2n) is 4.49. The zero-order chi connectivity index (χ0) is 15.8. The summed E-state index contributed by atoms with van der Waals surface area (Å²) in [4.78, 5) is 12.3. The van der Waals surface area contributed by atoms with Crippen LogP contribution in [0.1, 0.15) is 5.69 Å². The monoisotopic (exact) mass is 328 g/mol. The summed E-state index contributed by atoms with van der Waals surface area (Å²) in [5.41, 5.74) is 0.245. The van der Waals surface area contributed by atoms with E-state index in [2.05, 4.69) is 5.10 Å². The molecule has 1 aromatic carbocycles. The van der Waals surface area contributed by atoms with Crippen LogP contribution in [0.3, 0.4) is 0 Å². The van der Waals surface area contributed by atoms with Crippen LogP contribution in [0.25, 0.3) is 11.1 Å². The minimum Gasteiger partial charge on any atom is -0.380 e. The summed E-state index contributed by atoms with van der Waals surface area (Å²) in [6, 6.07) is 6.63. The maximum absolute atomic E-state index is 12.3. The zero-order valence-corrected chi connectivity index (χ0v) is 13.2. The third-order valence-corrected chi connectivity index (χ3v) is 3.54. The Balaban J connectivity index is 2.86. The maximum Gasteiger partial charge on any atom is 0.306 e. The summed E-state index contributed by atoms with van der Waals surface area (Å²) in [6.07, 6.45) is 0.903. The predicted molar refractivity (Wildman–Crippen MR) is 80.1 cm³/mol. The average molecular weight is 329 g/mol. The van der Waals surface area contributed by atoms with E-state index in [9.17, 15) is 13.2 Å². The van der Waals surface area contributed by atoms with Gasteiger partial charge >= 0.3 is 10.1 Å². The van der Waals surface area contributed by atoms with Crippen molar-refractivity contribution < 1.29 is 12.6 Å². The van der Waals surface area contributed by atoms with Gasteiger partial charge in [-0.25, -0.2) is 4.68 Å². The molecule has 2 rings (SSSR count). The van der Waals surface area contributed by atoms with Crippen molar-refractivity contribution in [1.82, 2.24) is 9.78 Å². The number of nitrogens with zero attached hydrogens (tertiary/aromatic N) is 2. The van der Waals surface area contributed by atoms with E-state index in [4.69, 9.17) is 15.8 Å². The molecule has 0 radical (unpaired) electrons. The third kappa shape index (κ3) is 3.25. The van der Waals surface area contributed by atoms with Crippen molar-refractivity contribution in [3.8, 4) is 16.9 Å². The molecule has 21 heavy (non-hydrogen) atoms. The Kier molecular flexibility index (Phi) is 4.06. The number of hydrogen-bond donors (Lipinski definition) is 0. The summed E-state index contributed by atoms with van der Waals surface area (Å²) < 4.78 is 28.9. The second kappa shape index (κ2) is 5.50. The van der Waals surface area contributed by atoms with Gasteiger partial charge in [-0.05, 0) is 13.0 Å². The second-order valence-corrected chi connectivity index (χ2v) is 6.47. The molecule has 1 aromatic heterocycles. The summed E-state index contributed by atoms with van der Waals surface area (Å²) in [5, 5.41) is 4.26. The molecule has 0 N–H and O–H groups in total. The first-order valence-corrected chi connectivity index (χ1v) is 8.12. The first kappa shape index (κ1) is 15.5. The van der Waals surface area contributed by atoms with Crippen LogP contribution in [0.5, 0.6) is 5.75 Å². The lowest BCUT2D eigenvalue weighted by molar-refractivity contribution is 0.485. The van der Waals surface area contributed by atoms with E-state index in [0.717, 1.165) is 10.9 Å². The third-order valence-electron chi connectivity index (χ3n) is 2.74. The molecule has 0 atom stereocenters. The molecular formula is C13H13ClN2O4S. The largest absolute Gasteiger partial charge is 0.380 e. The van der Waals surface area contributed by atoms with Crippen molar-refractivity contribution in [2.45, 2.75) is 6.92 Å². The molecule has 0 bridgehead atoms. The minimum atomic E-state index is -3.80. The van der Waals surface area contributed by atoms with Crippen LogP contribution in [0.4, 0.5) is 0 Å². The molecule has 0 saturated heterocycles. The highest BCUT2D eigenvalue weighted by Crippen LogP contribution is 2.33. The van der Waals surface area contributed by atoms with E-state index in [1.54, 1.807) is 31.2 Å². The van der Waals surface area contributed by atoms with Gasteiger partial charge in [-0.15, -0.1) is 0 Å². The highest BCUT2D eigenvalue weighted by atomic mass is 35.5. The maximum atomic E-state index is 12.3. The minimum absolute atomic E-state index is 0.0704. The standard InChI is InChI=1S/C13H13ClN2O4S/c1-8-12(20-21(3,18)19)11(13(17)16(2)15-8)9-6-4-5-7-10(9)14/h4-7H,1-3H3. The van der Waals surface area contributed by atoms with Crippen LogP contribution in [-0.4, -0.2) is 24.5 Å². The van der Waals surface area contributed by atoms with Gasteiger partial charge in [0.05, 0.1) is 11.8 Å². The van der Waals surface area contributed by atoms with Crippen molar-refractivity contribution >= 4 is 21.7 Å². The Morgan fingerprint density at radius 2 is 1.90 bits per heavy atom. The van der Waals surface area contributed by atoms with E-state index in [1.807, 2.05) is 0 Å². The van der Waals surface area contributed by atoms with Crippen LogP contribution >= 0.6 is 11.6 Å². The molecule has 0 fully saturated rings. The molecule has 0 unspecified atom stereocenters. The number of rotatable bonds is 3. The van der Waals surface area contributed by atoms with Gasteiger partial charge in [-0.3, -0.25) is 4.79 Å². The lowest BCUT2D eigenvalue weighted by atomic mass is 10.1. The lowest BCUT2D eigenvalue weighted by Gasteiger charge is -2.13. The molecule has 0 saturated carbocycles. The van der Waals surface area contributed by atoms with Gasteiger partial charge < -0.3 is 4.18 Å². The molecule has 6 nitrogen and oxygen atoms in total. The number of aryl methyl sites for hydroxylation is 2. The van der Waals surface area contributed by atoms with Gasteiger partial charge in [0.2, 0.25) is 0 Å². The van der Waals surface area contributed by atoms with Gasteiger partial charge in [0.25, 0.3) is 5.56 Å². The van der Waals surface area contributed by atoms with Crippen LogP contribution in [0, 0.1) is 6.92 Å². The fourth-order valence-electron chi connectivity index (χ4n) is 1.91. The first-order valence-electron chi connectivity index (χ1n) is 5.93. The molecule has 0 aliphatic heterocycles. The summed E-state index contributed by atoms with van der Waals surface area (Å²) in [5.74, 6) is -0.103. The van der Waals surface area contributed by atoms with Gasteiger partial charge in [-0.1, -0.05) is 29.8 Å². The molecule has 0 aliphatic carbocycles. The van der Waals surface area contributed by atoms with E-state index in [-0.39, 0.29) is 17.0 Å². The average Bonchev–Trinajstić information content (AvgIpc) is 2.36. The van der Waals surface area contributed by atoms with E-state index in [0.29, 0.717) is 10.6 Å². The van der Waals surface area contributed by atoms with E-state index in [1.165, 1.54) is 7.05 Å². The Labute approximate surface area is 127 Å². The normalized spacial score (nSPS) is 11.4. The summed E-state index contributed by atoms with van der Waals surface area (Å²) in [7, 11) is -2.33. The number of benzene rings is 1. The molecule has 0 spiro atoms. The molecule has 0 aliphatic rings. The van der Waals surface area contributed by atoms with Crippen molar-refractivity contribution in [3.63, 3.8) is 0 Å². The smallest absolute Gasteiger partial charge is 0.306 e. The predicted octanol–water partition coefficient (Wildman–Crippen LogP) is 1.75. The number of aromatic nitrogens is 2. The topological polar surface area (TPSA) is 78.3 Å². The van der Waals surface area contributed by atoms with Crippen LogP contribution in [0.2, 0.25) is 5.02 Å². The summed E-state index contributed by atoms with van der Waals surface area (Å²) in [6.45, 7) is 1.56. The first-order chi connectivity index (χ1) is 9.70. The number of halogens is 1. The van der Waals surface area contributed by atoms with E-state index >= 15 is 0 Å². The Morgan fingerprint density at radius 1 is 1.29 bits per heavy atom. The molecule has 0 amide bonds. The summed E-state index contributed by atoms with van der Waals surface area (Å²) >= 11 is 6.11. The molecule has 8 heteroatoms. The highest BCUT2D eigenvalue weighted by Gasteiger charge is 2.22. The van der Waals surface area contributed by atoms with Crippen molar-refractivity contribution in [2.75, 3.05) is 6.26 Å². The fraction of sp³-hybridized carbons (Fsp3) is 0.231. The SMILES string of the molecule is Cc1nn(C)c(=O)c(-c2ccccc2Cl)c1OS(C)(=O)=O. The quantitative estimate of drug-likeness (QED) is 0.802. The van der Waals surface area contributed by atoms with Crippen molar-refractivity contribution in [2.24, 2.45) is 7.05 Å². The Morgan fingerprint density at radius 3 is 2.48 bits per heavy atom. The Bertz CT molecular complexity index is 859. The number of hydrogen-bond acceptors (Lipinski definition) is 5. The molecular weight excluding hydrogens is 316 g/mol. The van der Waals surface area contributed by atoms with Gasteiger partial charge in [0, 0.05) is 17.6 Å². The van der Waals surface area contributed by atoms with Gasteiger partial charge in [0.1, 0.15) is 5.69 Å². The lowest BCUT2D eigenvalue weighted by Crippen LogP contribution is -2.24. The van der Waals surface area contributed by atoms with Crippen LogP contribution < -0.4 is 9.74 Å². The fourth-order valence-corrected chi connectivity index (χ4v) is 2.65. The van der Waals surface area contributed by atoms with Crippen molar-refractivity contribution in [3.05, 3.63) is 45.3 Å². The molecule has 2 aromatic rings.